The van der Waals surface area contributed by atoms with Crippen LogP contribution in [0.4, 0.5) is 27.5 Å². The molecule has 8 nitrogen and oxygen atoms in total. The number of ether oxygens (including phenoxy) is 2. The second kappa shape index (κ2) is 11.5. The zero-order valence-electron chi connectivity index (χ0n) is 20.9. The number of anilines is 4. The summed E-state index contributed by atoms with van der Waals surface area (Å²) in [4.78, 5) is 28.1. The van der Waals surface area contributed by atoms with Crippen LogP contribution in [-0.2, 0) is 0 Å². The highest BCUT2D eigenvalue weighted by molar-refractivity contribution is 6.06. The van der Waals surface area contributed by atoms with Gasteiger partial charge in [0.15, 0.2) is 0 Å². The van der Waals surface area contributed by atoms with Gasteiger partial charge in [-0.2, -0.15) is 0 Å². The van der Waals surface area contributed by atoms with Gasteiger partial charge in [-0.1, -0.05) is 17.7 Å². The fraction of sp³-hybridized carbons (Fsp3) is 0.286. The van der Waals surface area contributed by atoms with E-state index in [1.165, 1.54) is 6.42 Å². The van der Waals surface area contributed by atoms with E-state index in [1.54, 1.807) is 44.6 Å². The van der Waals surface area contributed by atoms with E-state index in [2.05, 4.69) is 20.9 Å². The van der Waals surface area contributed by atoms with Crippen LogP contribution < -0.4 is 30.3 Å². The van der Waals surface area contributed by atoms with Crippen molar-refractivity contribution in [1.29, 1.82) is 0 Å². The van der Waals surface area contributed by atoms with Gasteiger partial charge in [0.1, 0.15) is 11.5 Å². The van der Waals surface area contributed by atoms with Crippen molar-refractivity contribution in [1.82, 2.24) is 0 Å². The molecule has 3 amide bonds. The fourth-order valence-corrected chi connectivity index (χ4v) is 4.30. The van der Waals surface area contributed by atoms with E-state index in [4.69, 9.17) is 9.47 Å². The summed E-state index contributed by atoms with van der Waals surface area (Å²) >= 11 is 0. The minimum absolute atomic E-state index is 0.207. The lowest BCUT2D eigenvalue weighted by molar-refractivity contribution is 0.102. The molecule has 3 N–H and O–H groups in total. The molecule has 0 unspecified atom stereocenters. The monoisotopic (exact) mass is 488 g/mol. The highest BCUT2D eigenvalue weighted by Crippen LogP contribution is 2.33. The minimum atomic E-state index is -0.429. The third-order valence-corrected chi connectivity index (χ3v) is 6.13. The number of benzene rings is 3. The van der Waals surface area contributed by atoms with Crippen molar-refractivity contribution in [2.24, 2.45) is 0 Å². The van der Waals surface area contributed by atoms with E-state index < -0.39 is 6.03 Å². The largest absolute Gasteiger partial charge is 0.497 e. The highest BCUT2D eigenvalue weighted by Gasteiger charge is 2.18. The summed E-state index contributed by atoms with van der Waals surface area (Å²) in [5.74, 6) is 0.906. The number of piperidine rings is 1. The Bertz CT molecular complexity index is 1240. The fourth-order valence-electron chi connectivity index (χ4n) is 4.30. The summed E-state index contributed by atoms with van der Waals surface area (Å²) in [7, 11) is 3.10. The predicted molar refractivity (Wildman–Crippen MR) is 144 cm³/mol. The first-order valence-electron chi connectivity index (χ1n) is 12.0. The van der Waals surface area contributed by atoms with Crippen molar-refractivity contribution < 1.29 is 19.1 Å². The Hall–Kier alpha value is -4.20. The summed E-state index contributed by atoms with van der Waals surface area (Å²) in [6.45, 7) is 3.77. The summed E-state index contributed by atoms with van der Waals surface area (Å²) in [5, 5.41) is 8.76. The molecule has 188 valence electrons. The number of hydrogen-bond donors (Lipinski definition) is 3. The number of carbonyl (C=O) groups is 2. The molecule has 1 fully saturated rings. The number of nitrogens with one attached hydrogen (secondary N) is 3. The molecule has 1 aliphatic heterocycles. The van der Waals surface area contributed by atoms with Crippen LogP contribution in [0.15, 0.2) is 60.7 Å². The van der Waals surface area contributed by atoms with Gasteiger partial charge in [0, 0.05) is 30.4 Å². The van der Waals surface area contributed by atoms with Gasteiger partial charge < -0.3 is 30.3 Å². The molecule has 0 aromatic heterocycles. The average Bonchev–Trinajstić information content (AvgIpc) is 2.89. The lowest BCUT2D eigenvalue weighted by Crippen LogP contribution is -2.31. The lowest BCUT2D eigenvalue weighted by Gasteiger charge is -2.31. The van der Waals surface area contributed by atoms with E-state index >= 15 is 0 Å². The number of nitrogens with zero attached hydrogens (tertiary/aromatic N) is 1. The second-order valence-electron chi connectivity index (χ2n) is 8.75. The maximum atomic E-state index is 13.1. The Labute approximate surface area is 211 Å². The maximum absolute atomic E-state index is 13.1. The third-order valence-electron chi connectivity index (χ3n) is 6.13. The molecule has 0 radical (unpaired) electrons. The number of rotatable bonds is 7. The molecular weight excluding hydrogens is 456 g/mol. The van der Waals surface area contributed by atoms with Crippen molar-refractivity contribution in [3.05, 3.63) is 71.8 Å². The molecular formula is C28H32N4O4. The molecule has 3 aromatic rings. The second-order valence-corrected chi connectivity index (χ2v) is 8.75. The molecule has 4 rings (SSSR count). The first-order chi connectivity index (χ1) is 17.5. The molecule has 0 saturated carbocycles. The first-order valence-corrected chi connectivity index (χ1v) is 12.0. The lowest BCUT2D eigenvalue weighted by atomic mass is 10.1. The topological polar surface area (TPSA) is 91.9 Å². The maximum Gasteiger partial charge on any atom is 0.323 e. The Morgan fingerprint density at radius 3 is 2.31 bits per heavy atom. The van der Waals surface area contributed by atoms with E-state index in [0.29, 0.717) is 34.1 Å². The van der Waals surface area contributed by atoms with Crippen molar-refractivity contribution in [3.8, 4) is 11.5 Å². The predicted octanol–water partition coefficient (Wildman–Crippen LogP) is 5.90. The van der Waals surface area contributed by atoms with Crippen molar-refractivity contribution in [2.75, 3.05) is 48.2 Å². The Kier molecular flexibility index (Phi) is 7.95. The molecule has 3 aromatic carbocycles. The van der Waals surface area contributed by atoms with Gasteiger partial charge in [0.25, 0.3) is 5.91 Å². The summed E-state index contributed by atoms with van der Waals surface area (Å²) < 4.78 is 10.6. The van der Waals surface area contributed by atoms with Crippen LogP contribution in [0.1, 0.15) is 35.2 Å². The van der Waals surface area contributed by atoms with Gasteiger partial charge in [0.2, 0.25) is 0 Å². The Morgan fingerprint density at radius 1 is 0.806 bits per heavy atom. The van der Waals surface area contributed by atoms with Crippen molar-refractivity contribution in [3.63, 3.8) is 0 Å². The molecule has 0 aliphatic carbocycles. The number of hydrogen-bond acceptors (Lipinski definition) is 5. The van der Waals surface area contributed by atoms with Crippen LogP contribution >= 0.6 is 0 Å². The van der Waals surface area contributed by atoms with Gasteiger partial charge in [-0.3, -0.25) is 4.79 Å². The number of amides is 3. The van der Waals surface area contributed by atoms with Gasteiger partial charge in [-0.15, -0.1) is 0 Å². The molecule has 36 heavy (non-hydrogen) atoms. The van der Waals surface area contributed by atoms with Crippen LogP contribution in [0.5, 0.6) is 11.5 Å². The van der Waals surface area contributed by atoms with Crippen LogP contribution in [0.25, 0.3) is 0 Å². The van der Waals surface area contributed by atoms with Crippen LogP contribution in [-0.4, -0.2) is 39.2 Å². The quantitative estimate of drug-likeness (QED) is 0.385. The van der Waals surface area contributed by atoms with Crippen molar-refractivity contribution >= 4 is 34.7 Å². The first kappa shape index (κ1) is 24.9. The number of methoxy groups -OCH3 is 2. The van der Waals surface area contributed by atoms with E-state index in [1.807, 2.05) is 37.3 Å². The third kappa shape index (κ3) is 6.07. The SMILES string of the molecule is COc1ccc(OC)c(NC(=O)Nc2cc(NC(=O)c3cccc(C)c3)ccc2N2CCCCC2)c1. The van der Waals surface area contributed by atoms with Crippen LogP contribution in [0.2, 0.25) is 0 Å². The van der Waals surface area contributed by atoms with E-state index in [9.17, 15) is 9.59 Å². The summed E-state index contributed by atoms with van der Waals surface area (Å²) in [6, 6.07) is 17.8. The Morgan fingerprint density at radius 2 is 1.58 bits per heavy atom. The zero-order chi connectivity index (χ0) is 25.5. The van der Waals surface area contributed by atoms with Gasteiger partial charge in [0.05, 0.1) is 31.3 Å². The molecule has 0 atom stereocenters. The van der Waals surface area contributed by atoms with Gasteiger partial charge in [-0.05, 0) is 68.7 Å². The molecule has 1 heterocycles. The Balaban J connectivity index is 1.58. The van der Waals surface area contributed by atoms with Crippen LogP contribution in [0, 0.1) is 6.92 Å². The minimum Gasteiger partial charge on any atom is -0.497 e. The van der Waals surface area contributed by atoms with E-state index in [-0.39, 0.29) is 5.91 Å². The normalized spacial score (nSPS) is 13.0. The number of urea groups is 1. The molecule has 1 saturated heterocycles. The average molecular weight is 489 g/mol. The van der Waals surface area contributed by atoms with Crippen molar-refractivity contribution in [2.45, 2.75) is 26.2 Å². The van der Waals surface area contributed by atoms with E-state index in [0.717, 1.165) is 37.2 Å². The molecule has 0 spiro atoms. The summed E-state index contributed by atoms with van der Waals surface area (Å²) in [5.41, 5.74) is 4.19. The van der Waals surface area contributed by atoms with Gasteiger partial charge in [-0.25, -0.2) is 4.79 Å². The zero-order valence-corrected chi connectivity index (χ0v) is 20.9. The molecule has 1 aliphatic rings. The molecule has 0 bridgehead atoms. The standard InChI is InChI=1S/C28H32N4O4/c1-19-8-7-9-20(16-19)27(33)29-21-10-12-25(32-14-5-4-6-15-32)23(17-21)30-28(34)31-24-18-22(35-2)11-13-26(24)36-3/h7-13,16-18H,4-6,14-15H2,1-3H3,(H,29,33)(H2,30,31,34). The van der Waals surface area contributed by atoms with Crippen LogP contribution in [0.3, 0.4) is 0 Å². The smallest absolute Gasteiger partial charge is 0.323 e. The highest BCUT2D eigenvalue weighted by atomic mass is 16.5. The van der Waals surface area contributed by atoms with Gasteiger partial charge >= 0.3 is 6.03 Å². The number of aryl methyl sites for hydroxylation is 1. The summed E-state index contributed by atoms with van der Waals surface area (Å²) in [6.07, 6.45) is 3.39. The molecule has 8 heteroatoms. The number of carbonyl (C=O) groups excluding carboxylic acids is 2.